The third-order valence-corrected chi connectivity index (χ3v) is 3.08. The van der Waals surface area contributed by atoms with Crippen molar-refractivity contribution in [2.75, 3.05) is 46.9 Å². The van der Waals surface area contributed by atoms with Crippen molar-refractivity contribution in [1.82, 2.24) is 9.80 Å². The van der Waals surface area contributed by atoms with Crippen LogP contribution in [0.3, 0.4) is 0 Å². The molecule has 0 N–H and O–H groups in total. The third kappa shape index (κ3) is 4.40. The number of rotatable bonds is 5. The van der Waals surface area contributed by atoms with Gasteiger partial charge < -0.3 is 9.64 Å². The Kier molecular flexibility index (Phi) is 5.45. The molecule has 1 aliphatic rings. The fraction of sp³-hybridized carbons (Fsp3) is 1.00. The molecule has 3 nitrogen and oxygen atoms in total. The SMILES string of the molecule is CC(CCCN1CCOCC1)N(C)C. The Morgan fingerprint density at radius 2 is 1.93 bits per heavy atom. The zero-order chi connectivity index (χ0) is 10.4. The van der Waals surface area contributed by atoms with Gasteiger partial charge in [-0.1, -0.05) is 0 Å². The summed E-state index contributed by atoms with van der Waals surface area (Å²) in [5, 5.41) is 0. The van der Waals surface area contributed by atoms with E-state index in [9.17, 15) is 0 Å². The van der Waals surface area contributed by atoms with Gasteiger partial charge in [-0.3, -0.25) is 4.90 Å². The van der Waals surface area contributed by atoms with Crippen molar-refractivity contribution in [3.63, 3.8) is 0 Å². The maximum Gasteiger partial charge on any atom is 0.0594 e. The highest BCUT2D eigenvalue weighted by molar-refractivity contribution is 4.65. The highest BCUT2D eigenvalue weighted by Crippen LogP contribution is 2.05. The van der Waals surface area contributed by atoms with E-state index in [0.29, 0.717) is 6.04 Å². The minimum atomic E-state index is 0.705. The summed E-state index contributed by atoms with van der Waals surface area (Å²) < 4.78 is 5.32. The maximum atomic E-state index is 5.32. The molecule has 1 unspecified atom stereocenters. The summed E-state index contributed by atoms with van der Waals surface area (Å²) in [6.07, 6.45) is 2.60. The van der Waals surface area contributed by atoms with Gasteiger partial charge in [0.2, 0.25) is 0 Å². The normalized spacial score (nSPS) is 21.4. The average Bonchev–Trinajstić information content (AvgIpc) is 2.19. The molecule has 1 saturated heterocycles. The Balaban J connectivity index is 2.02. The van der Waals surface area contributed by atoms with Crippen LogP contribution in [0.4, 0.5) is 0 Å². The van der Waals surface area contributed by atoms with Gasteiger partial charge in [-0.25, -0.2) is 0 Å². The molecule has 1 fully saturated rings. The molecule has 0 saturated carbocycles. The monoisotopic (exact) mass is 200 g/mol. The molecule has 1 atom stereocenters. The van der Waals surface area contributed by atoms with Crippen LogP contribution in [0.5, 0.6) is 0 Å². The molecule has 3 heteroatoms. The second-order valence-corrected chi connectivity index (χ2v) is 4.41. The number of nitrogens with zero attached hydrogens (tertiary/aromatic N) is 2. The molecule has 0 spiro atoms. The third-order valence-electron chi connectivity index (χ3n) is 3.08. The van der Waals surface area contributed by atoms with Crippen LogP contribution in [-0.4, -0.2) is 62.8 Å². The second-order valence-electron chi connectivity index (χ2n) is 4.41. The van der Waals surface area contributed by atoms with E-state index in [2.05, 4.69) is 30.8 Å². The summed E-state index contributed by atoms with van der Waals surface area (Å²) in [4.78, 5) is 4.80. The number of hydrogen-bond donors (Lipinski definition) is 0. The molecular formula is C11H24N2O. The van der Waals surface area contributed by atoms with Gasteiger partial charge >= 0.3 is 0 Å². The molecule has 0 radical (unpaired) electrons. The quantitative estimate of drug-likeness (QED) is 0.660. The number of hydrogen-bond acceptors (Lipinski definition) is 3. The van der Waals surface area contributed by atoms with Crippen LogP contribution in [0.1, 0.15) is 19.8 Å². The van der Waals surface area contributed by atoms with Gasteiger partial charge in [0.1, 0.15) is 0 Å². The maximum absolute atomic E-state index is 5.32. The zero-order valence-electron chi connectivity index (χ0n) is 9.83. The van der Waals surface area contributed by atoms with Gasteiger partial charge in [0.15, 0.2) is 0 Å². The van der Waals surface area contributed by atoms with Crippen molar-refractivity contribution in [2.24, 2.45) is 0 Å². The van der Waals surface area contributed by atoms with Crippen molar-refractivity contribution in [1.29, 1.82) is 0 Å². The fourth-order valence-electron chi connectivity index (χ4n) is 1.69. The van der Waals surface area contributed by atoms with Crippen LogP contribution < -0.4 is 0 Å². The lowest BCUT2D eigenvalue weighted by Gasteiger charge is -2.27. The highest BCUT2D eigenvalue weighted by Gasteiger charge is 2.10. The lowest BCUT2D eigenvalue weighted by molar-refractivity contribution is 0.0365. The number of morpholine rings is 1. The summed E-state index contributed by atoms with van der Waals surface area (Å²) in [5.74, 6) is 0. The first-order valence-electron chi connectivity index (χ1n) is 5.66. The van der Waals surface area contributed by atoms with Crippen LogP contribution in [0.15, 0.2) is 0 Å². The molecule has 84 valence electrons. The van der Waals surface area contributed by atoms with E-state index in [1.807, 2.05) is 0 Å². The molecule has 0 aromatic rings. The van der Waals surface area contributed by atoms with Gasteiger partial charge in [0, 0.05) is 19.1 Å². The first-order valence-corrected chi connectivity index (χ1v) is 5.66. The van der Waals surface area contributed by atoms with Crippen molar-refractivity contribution in [3.05, 3.63) is 0 Å². The van der Waals surface area contributed by atoms with E-state index in [4.69, 9.17) is 4.74 Å². The van der Waals surface area contributed by atoms with Gasteiger partial charge in [0.05, 0.1) is 13.2 Å². The van der Waals surface area contributed by atoms with Gasteiger partial charge in [-0.2, -0.15) is 0 Å². The largest absolute Gasteiger partial charge is 0.379 e. The first-order chi connectivity index (χ1) is 6.70. The Hall–Kier alpha value is -0.120. The molecule has 1 aliphatic heterocycles. The lowest BCUT2D eigenvalue weighted by Crippen LogP contribution is -2.37. The van der Waals surface area contributed by atoms with E-state index in [1.54, 1.807) is 0 Å². The van der Waals surface area contributed by atoms with Crippen LogP contribution in [0.25, 0.3) is 0 Å². The zero-order valence-corrected chi connectivity index (χ0v) is 9.83. The Morgan fingerprint density at radius 3 is 2.50 bits per heavy atom. The standard InChI is InChI=1S/C11H24N2O/c1-11(12(2)3)5-4-6-13-7-9-14-10-8-13/h11H,4-10H2,1-3H3. The summed E-state index contributed by atoms with van der Waals surface area (Å²) in [7, 11) is 4.30. The fourth-order valence-corrected chi connectivity index (χ4v) is 1.69. The van der Waals surface area contributed by atoms with E-state index in [0.717, 1.165) is 26.3 Å². The molecule has 0 aromatic heterocycles. The van der Waals surface area contributed by atoms with Crippen molar-refractivity contribution in [3.8, 4) is 0 Å². The van der Waals surface area contributed by atoms with E-state index >= 15 is 0 Å². The van der Waals surface area contributed by atoms with E-state index in [-0.39, 0.29) is 0 Å². The summed E-state index contributed by atoms with van der Waals surface area (Å²) in [6, 6.07) is 0.705. The van der Waals surface area contributed by atoms with Gasteiger partial charge in [-0.05, 0) is 40.4 Å². The first kappa shape index (κ1) is 12.0. The van der Waals surface area contributed by atoms with Crippen LogP contribution in [-0.2, 0) is 4.74 Å². The van der Waals surface area contributed by atoms with Crippen molar-refractivity contribution < 1.29 is 4.74 Å². The molecule has 0 aromatic carbocycles. The summed E-state index contributed by atoms with van der Waals surface area (Å²) in [6.45, 7) is 7.61. The Morgan fingerprint density at radius 1 is 1.29 bits per heavy atom. The Labute approximate surface area is 88.0 Å². The topological polar surface area (TPSA) is 15.7 Å². The average molecular weight is 200 g/mol. The molecule has 1 rings (SSSR count). The van der Waals surface area contributed by atoms with Crippen LogP contribution in [0, 0.1) is 0 Å². The highest BCUT2D eigenvalue weighted by atomic mass is 16.5. The molecule has 0 aliphatic carbocycles. The minimum Gasteiger partial charge on any atom is -0.379 e. The van der Waals surface area contributed by atoms with Crippen molar-refractivity contribution >= 4 is 0 Å². The Bertz CT molecular complexity index is 144. The summed E-state index contributed by atoms with van der Waals surface area (Å²) in [5.41, 5.74) is 0. The molecule has 0 amide bonds. The van der Waals surface area contributed by atoms with E-state index < -0.39 is 0 Å². The second kappa shape index (κ2) is 6.38. The number of ether oxygens (including phenoxy) is 1. The van der Waals surface area contributed by atoms with E-state index in [1.165, 1.54) is 19.4 Å². The summed E-state index contributed by atoms with van der Waals surface area (Å²) >= 11 is 0. The predicted molar refractivity (Wildman–Crippen MR) is 59.6 cm³/mol. The predicted octanol–water partition coefficient (Wildman–Crippen LogP) is 1.05. The minimum absolute atomic E-state index is 0.705. The molecular weight excluding hydrogens is 176 g/mol. The van der Waals surface area contributed by atoms with Gasteiger partial charge in [0.25, 0.3) is 0 Å². The molecule has 14 heavy (non-hydrogen) atoms. The molecule has 1 heterocycles. The molecule has 0 bridgehead atoms. The van der Waals surface area contributed by atoms with Crippen LogP contribution in [0.2, 0.25) is 0 Å². The van der Waals surface area contributed by atoms with Crippen molar-refractivity contribution in [2.45, 2.75) is 25.8 Å². The lowest BCUT2D eigenvalue weighted by atomic mass is 10.1. The van der Waals surface area contributed by atoms with Gasteiger partial charge in [-0.15, -0.1) is 0 Å². The van der Waals surface area contributed by atoms with Crippen LogP contribution >= 0.6 is 0 Å². The smallest absolute Gasteiger partial charge is 0.0594 e.